The number of rotatable bonds is 20. The fourth-order valence-corrected chi connectivity index (χ4v) is 5.77. The van der Waals surface area contributed by atoms with Crippen LogP contribution in [-0.4, -0.2) is 68.3 Å². The Balaban J connectivity index is 2.60. The molecular weight excluding hydrogens is 464 g/mol. The second-order valence-electron chi connectivity index (χ2n) is 16.3. The maximum Gasteiger partial charge on any atom is 0.0623 e. The Labute approximate surface area is 240 Å². The van der Waals surface area contributed by atoms with Gasteiger partial charge in [0.2, 0.25) is 0 Å². The lowest BCUT2D eigenvalue weighted by atomic mass is 9.67. The van der Waals surface area contributed by atoms with E-state index in [-0.39, 0.29) is 10.8 Å². The molecule has 2 N–H and O–H groups in total. The van der Waals surface area contributed by atoms with Crippen LogP contribution in [0.25, 0.3) is 0 Å². The maximum atomic E-state index is 3.77. The van der Waals surface area contributed by atoms with Crippen molar-refractivity contribution in [2.75, 3.05) is 52.4 Å². The second-order valence-corrected chi connectivity index (χ2v) is 16.3. The Morgan fingerprint density at radius 1 is 0.553 bits per heavy atom. The van der Waals surface area contributed by atoms with Crippen LogP contribution in [0.5, 0.6) is 0 Å². The van der Waals surface area contributed by atoms with Crippen LogP contribution in [-0.2, 0) is 0 Å². The van der Waals surface area contributed by atoms with Crippen LogP contribution in [0, 0.1) is 21.7 Å². The molecule has 4 nitrogen and oxygen atoms in total. The van der Waals surface area contributed by atoms with Crippen LogP contribution in [0.3, 0.4) is 0 Å². The standard InChI is InChI=1S/C34H72N4/c1-12-13-14-15-16-17-18-19-20-21-30-37(28-32(5,6)7)24-25-38(30)29-34(10,11)33(8,9)27-36-23-22-35-26-31(2,3)4/h30,35-36H,12-29H2,1-11H3. The minimum atomic E-state index is 0.233. The van der Waals surface area contributed by atoms with Crippen LogP contribution in [0.4, 0.5) is 0 Å². The molecule has 4 heteroatoms. The average molecular weight is 537 g/mol. The number of hydrogen-bond acceptors (Lipinski definition) is 4. The predicted octanol–water partition coefficient (Wildman–Crippen LogP) is 8.17. The van der Waals surface area contributed by atoms with Crippen molar-refractivity contribution in [2.24, 2.45) is 21.7 Å². The Bertz CT molecular complexity index is 599. The first-order chi connectivity index (χ1) is 17.6. The van der Waals surface area contributed by atoms with Crippen molar-refractivity contribution in [2.45, 2.75) is 147 Å². The van der Waals surface area contributed by atoms with Crippen LogP contribution in [0.1, 0.15) is 140 Å². The van der Waals surface area contributed by atoms with E-state index in [2.05, 4.69) is 96.6 Å². The third-order valence-electron chi connectivity index (χ3n) is 8.89. The predicted molar refractivity (Wildman–Crippen MR) is 171 cm³/mol. The summed E-state index contributed by atoms with van der Waals surface area (Å²) in [7, 11) is 0. The van der Waals surface area contributed by atoms with Crippen LogP contribution >= 0.6 is 0 Å². The summed E-state index contributed by atoms with van der Waals surface area (Å²) in [5.41, 5.74) is 1.18. The van der Waals surface area contributed by atoms with E-state index in [1.54, 1.807) is 0 Å². The molecule has 1 aliphatic heterocycles. The maximum absolute atomic E-state index is 3.77. The molecule has 1 fully saturated rings. The van der Waals surface area contributed by atoms with Gasteiger partial charge in [0.05, 0.1) is 6.17 Å². The van der Waals surface area contributed by atoms with Gasteiger partial charge in [0.1, 0.15) is 0 Å². The van der Waals surface area contributed by atoms with Gasteiger partial charge in [-0.1, -0.05) is 134 Å². The van der Waals surface area contributed by atoms with E-state index >= 15 is 0 Å². The summed E-state index contributed by atoms with van der Waals surface area (Å²) < 4.78 is 0. The number of unbranched alkanes of at least 4 members (excludes halogenated alkanes) is 8. The van der Waals surface area contributed by atoms with Crippen molar-refractivity contribution in [1.29, 1.82) is 0 Å². The molecule has 0 aliphatic carbocycles. The number of hydrogen-bond donors (Lipinski definition) is 2. The molecule has 0 aromatic rings. The molecule has 1 unspecified atom stereocenters. The van der Waals surface area contributed by atoms with E-state index in [9.17, 15) is 0 Å². The zero-order valence-corrected chi connectivity index (χ0v) is 28.2. The van der Waals surface area contributed by atoms with Gasteiger partial charge in [-0.05, 0) is 28.1 Å². The van der Waals surface area contributed by atoms with Gasteiger partial charge < -0.3 is 10.6 Å². The van der Waals surface area contributed by atoms with Gasteiger partial charge in [-0.2, -0.15) is 0 Å². The molecule has 1 atom stereocenters. The summed E-state index contributed by atoms with van der Waals surface area (Å²) in [6.45, 7) is 35.4. The van der Waals surface area contributed by atoms with Crippen molar-refractivity contribution in [3.63, 3.8) is 0 Å². The second kappa shape index (κ2) is 16.9. The fraction of sp³-hybridized carbons (Fsp3) is 1.00. The normalized spacial score (nSPS) is 18.6. The molecule has 1 saturated heterocycles. The van der Waals surface area contributed by atoms with E-state index < -0.39 is 0 Å². The summed E-state index contributed by atoms with van der Waals surface area (Å²) in [6, 6.07) is 0. The van der Waals surface area contributed by atoms with Crippen LogP contribution in [0.15, 0.2) is 0 Å². The topological polar surface area (TPSA) is 30.5 Å². The quantitative estimate of drug-likeness (QED) is 0.154. The van der Waals surface area contributed by atoms with Crippen molar-refractivity contribution in [3.05, 3.63) is 0 Å². The van der Waals surface area contributed by atoms with Crippen LogP contribution < -0.4 is 10.6 Å². The molecule has 0 aromatic heterocycles. The Morgan fingerprint density at radius 3 is 1.53 bits per heavy atom. The minimum Gasteiger partial charge on any atom is -0.315 e. The van der Waals surface area contributed by atoms with Crippen molar-refractivity contribution >= 4 is 0 Å². The summed E-state index contributed by atoms with van der Waals surface area (Å²) in [4.78, 5) is 5.66. The van der Waals surface area contributed by atoms with E-state index in [1.165, 1.54) is 90.4 Å². The van der Waals surface area contributed by atoms with E-state index in [0.29, 0.717) is 17.0 Å². The van der Waals surface area contributed by atoms with E-state index in [1.807, 2.05) is 0 Å². The van der Waals surface area contributed by atoms with E-state index in [0.717, 1.165) is 26.2 Å². The summed E-state index contributed by atoms with van der Waals surface area (Å²) in [5.74, 6) is 0. The number of nitrogens with one attached hydrogen (secondary N) is 2. The number of nitrogens with zero attached hydrogens (tertiary/aromatic N) is 2. The molecule has 1 heterocycles. The molecule has 0 spiro atoms. The first-order valence-corrected chi connectivity index (χ1v) is 16.5. The van der Waals surface area contributed by atoms with Crippen molar-refractivity contribution in [1.82, 2.24) is 20.4 Å². The van der Waals surface area contributed by atoms with E-state index in [4.69, 9.17) is 0 Å². The third kappa shape index (κ3) is 15.0. The highest BCUT2D eigenvalue weighted by atomic mass is 15.4. The lowest BCUT2D eigenvalue weighted by molar-refractivity contribution is 0.0209. The Morgan fingerprint density at radius 2 is 1.03 bits per heavy atom. The zero-order chi connectivity index (χ0) is 28.9. The summed E-state index contributed by atoms with van der Waals surface area (Å²) in [6.07, 6.45) is 14.7. The third-order valence-corrected chi connectivity index (χ3v) is 8.89. The molecule has 1 rings (SSSR count). The van der Waals surface area contributed by atoms with Crippen molar-refractivity contribution < 1.29 is 0 Å². The van der Waals surface area contributed by atoms with Gasteiger partial charge in [-0.25, -0.2) is 0 Å². The van der Waals surface area contributed by atoms with Crippen molar-refractivity contribution in [3.8, 4) is 0 Å². The van der Waals surface area contributed by atoms with Gasteiger partial charge in [0.15, 0.2) is 0 Å². The molecule has 0 bridgehead atoms. The van der Waals surface area contributed by atoms with Gasteiger partial charge in [-0.3, -0.25) is 9.80 Å². The highest BCUT2D eigenvalue weighted by Gasteiger charge is 2.42. The molecule has 228 valence electrons. The Kier molecular flexibility index (Phi) is 16.0. The summed E-state index contributed by atoms with van der Waals surface area (Å²) in [5, 5.41) is 7.38. The van der Waals surface area contributed by atoms with Gasteiger partial charge >= 0.3 is 0 Å². The molecule has 0 radical (unpaired) electrons. The average Bonchev–Trinajstić information content (AvgIpc) is 3.12. The fourth-order valence-electron chi connectivity index (χ4n) is 5.77. The molecular formula is C34H72N4. The molecule has 0 saturated carbocycles. The first kappa shape index (κ1) is 35.9. The minimum absolute atomic E-state index is 0.233. The lowest BCUT2D eigenvalue weighted by Crippen LogP contribution is -2.51. The molecule has 0 amide bonds. The lowest BCUT2D eigenvalue weighted by Gasteiger charge is -2.46. The van der Waals surface area contributed by atoms with Crippen LogP contribution in [0.2, 0.25) is 0 Å². The molecule has 38 heavy (non-hydrogen) atoms. The Hall–Kier alpha value is -0.160. The van der Waals surface area contributed by atoms with Gasteiger partial charge in [0, 0.05) is 52.4 Å². The smallest absolute Gasteiger partial charge is 0.0623 e. The molecule has 0 aromatic carbocycles. The monoisotopic (exact) mass is 537 g/mol. The van der Waals surface area contributed by atoms with Gasteiger partial charge in [0.25, 0.3) is 0 Å². The molecule has 1 aliphatic rings. The largest absolute Gasteiger partial charge is 0.315 e. The SMILES string of the molecule is CCCCCCCCCCCC1N(CC(C)(C)C)CCN1CC(C)(C)C(C)(C)CNCCNCC(C)(C)C. The zero-order valence-electron chi connectivity index (χ0n) is 28.2. The highest BCUT2D eigenvalue weighted by molar-refractivity contribution is 4.94. The van der Waals surface area contributed by atoms with Gasteiger partial charge in [-0.15, -0.1) is 0 Å². The highest BCUT2D eigenvalue weighted by Crippen LogP contribution is 2.40. The first-order valence-electron chi connectivity index (χ1n) is 16.5. The summed E-state index contributed by atoms with van der Waals surface area (Å²) >= 11 is 0.